The highest BCUT2D eigenvalue weighted by Crippen LogP contribution is 2.07. The molecular weight excluding hydrogens is 204 g/mol. The van der Waals surface area contributed by atoms with E-state index in [4.69, 9.17) is 5.11 Å². The molecule has 0 spiro atoms. The van der Waals surface area contributed by atoms with Crippen molar-refractivity contribution in [3.05, 3.63) is 0 Å². The van der Waals surface area contributed by atoms with Gasteiger partial charge >= 0.3 is 12.0 Å². The highest BCUT2D eigenvalue weighted by atomic mass is 32.1. The van der Waals surface area contributed by atoms with Gasteiger partial charge in [-0.3, -0.25) is 0 Å². The average Bonchev–Trinajstić information content (AvgIpc) is 2.65. The molecule has 6 heteroatoms. The molecule has 80 valence electrons. The Morgan fingerprint density at radius 3 is 2.43 bits per heavy atom. The van der Waals surface area contributed by atoms with E-state index in [0.717, 1.165) is 12.8 Å². The van der Waals surface area contributed by atoms with Gasteiger partial charge in [-0.2, -0.15) is 12.6 Å². The van der Waals surface area contributed by atoms with Gasteiger partial charge in [-0.1, -0.05) is 0 Å². The first kappa shape index (κ1) is 11.2. The number of rotatable bonds is 3. The van der Waals surface area contributed by atoms with Crippen LogP contribution < -0.4 is 5.32 Å². The van der Waals surface area contributed by atoms with Crippen LogP contribution in [0.3, 0.4) is 0 Å². The third kappa shape index (κ3) is 2.80. The molecule has 14 heavy (non-hydrogen) atoms. The van der Waals surface area contributed by atoms with Crippen molar-refractivity contribution in [3.8, 4) is 0 Å². The Hall–Kier alpha value is -0.910. The van der Waals surface area contributed by atoms with Crippen molar-refractivity contribution in [2.24, 2.45) is 0 Å². The van der Waals surface area contributed by atoms with Gasteiger partial charge in [0, 0.05) is 18.8 Å². The lowest BCUT2D eigenvalue weighted by molar-refractivity contribution is -0.138. The molecule has 1 fully saturated rings. The summed E-state index contributed by atoms with van der Waals surface area (Å²) < 4.78 is 0. The summed E-state index contributed by atoms with van der Waals surface area (Å²) in [6.07, 6.45) is 1.98. The third-order valence-corrected chi connectivity index (χ3v) is 2.54. The molecule has 2 N–H and O–H groups in total. The molecule has 0 radical (unpaired) electrons. The number of hydrogen-bond donors (Lipinski definition) is 3. The van der Waals surface area contributed by atoms with E-state index in [1.165, 1.54) is 0 Å². The van der Waals surface area contributed by atoms with Crippen molar-refractivity contribution < 1.29 is 14.7 Å². The molecule has 1 atom stereocenters. The zero-order valence-corrected chi connectivity index (χ0v) is 8.67. The molecule has 0 saturated carbocycles. The summed E-state index contributed by atoms with van der Waals surface area (Å²) in [6.45, 7) is 1.43. The zero-order valence-electron chi connectivity index (χ0n) is 7.77. The fourth-order valence-corrected chi connectivity index (χ4v) is 1.59. The maximum atomic E-state index is 11.4. The van der Waals surface area contributed by atoms with Crippen LogP contribution in [0.4, 0.5) is 4.79 Å². The predicted molar refractivity (Wildman–Crippen MR) is 54.6 cm³/mol. The largest absolute Gasteiger partial charge is 0.480 e. The Bertz CT molecular complexity index is 229. The topological polar surface area (TPSA) is 69.6 Å². The van der Waals surface area contributed by atoms with Crippen molar-refractivity contribution in [1.82, 2.24) is 10.2 Å². The van der Waals surface area contributed by atoms with E-state index >= 15 is 0 Å². The summed E-state index contributed by atoms with van der Waals surface area (Å²) in [5.74, 6) is -0.943. The van der Waals surface area contributed by atoms with Crippen LogP contribution in [-0.4, -0.2) is 46.9 Å². The fourth-order valence-electron chi connectivity index (χ4n) is 1.35. The van der Waals surface area contributed by atoms with E-state index in [1.54, 1.807) is 4.90 Å². The number of urea groups is 1. The van der Waals surface area contributed by atoms with Gasteiger partial charge in [0.2, 0.25) is 0 Å². The summed E-state index contributed by atoms with van der Waals surface area (Å²) in [7, 11) is 0. The molecule has 0 aliphatic carbocycles. The lowest BCUT2D eigenvalue weighted by Gasteiger charge is -2.19. The van der Waals surface area contributed by atoms with Crippen molar-refractivity contribution in [2.75, 3.05) is 18.8 Å². The Morgan fingerprint density at radius 2 is 2.00 bits per heavy atom. The number of carbonyl (C=O) groups is 2. The molecule has 0 aromatic heterocycles. The van der Waals surface area contributed by atoms with Gasteiger partial charge in [-0.05, 0) is 12.8 Å². The maximum absolute atomic E-state index is 11.4. The van der Waals surface area contributed by atoms with Crippen LogP contribution in [0.5, 0.6) is 0 Å². The van der Waals surface area contributed by atoms with E-state index in [2.05, 4.69) is 17.9 Å². The number of thiol groups is 1. The van der Waals surface area contributed by atoms with Gasteiger partial charge in [0.1, 0.15) is 6.04 Å². The summed E-state index contributed by atoms with van der Waals surface area (Å²) in [5, 5.41) is 11.1. The zero-order chi connectivity index (χ0) is 10.6. The summed E-state index contributed by atoms with van der Waals surface area (Å²) in [6, 6.07) is -1.20. The van der Waals surface area contributed by atoms with E-state index in [-0.39, 0.29) is 11.8 Å². The summed E-state index contributed by atoms with van der Waals surface area (Å²) in [4.78, 5) is 23.7. The van der Waals surface area contributed by atoms with E-state index < -0.39 is 12.0 Å². The van der Waals surface area contributed by atoms with Crippen LogP contribution in [0.2, 0.25) is 0 Å². The molecule has 0 aromatic rings. The standard InChI is InChI=1S/C8H14N2O3S/c11-7(12)6(5-14)9-8(13)10-3-1-2-4-10/h6,14H,1-5H2,(H,9,13)(H,11,12)/t6-/m0/s1. The number of nitrogens with zero attached hydrogens (tertiary/aromatic N) is 1. The Kier molecular flexibility index (Phi) is 4.06. The Morgan fingerprint density at radius 1 is 1.43 bits per heavy atom. The van der Waals surface area contributed by atoms with E-state index in [9.17, 15) is 9.59 Å². The minimum atomic E-state index is -1.05. The molecule has 1 aliphatic rings. The normalized spacial score (nSPS) is 17.9. The molecule has 1 heterocycles. The first-order valence-electron chi connectivity index (χ1n) is 4.54. The lowest BCUT2D eigenvalue weighted by atomic mass is 10.3. The smallest absolute Gasteiger partial charge is 0.327 e. The number of carboxylic acid groups (broad SMARTS) is 1. The second kappa shape index (κ2) is 5.09. The SMILES string of the molecule is O=C(O)[C@H](CS)NC(=O)N1CCCC1. The van der Waals surface area contributed by atoms with Gasteiger partial charge < -0.3 is 15.3 Å². The predicted octanol–water partition coefficient (Wildman–Crippen LogP) is 0.175. The number of likely N-dealkylation sites (tertiary alicyclic amines) is 1. The van der Waals surface area contributed by atoms with Crippen LogP contribution in [0.1, 0.15) is 12.8 Å². The van der Waals surface area contributed by atoms with Crippen LogP contribution >= 0.6 is 12.6 Å². The molecule has 1 aliphatic heterocycles. The highest BCUT2D eigenvalue weighted by Gasteiger charge is 2.23. The van der Waals surface area contributed by atoms with Crippen LogP contribution in [0.25, 0.3) is 0 Å². The van der Waals surface area contributed by atoms with Gasteiger partial charge in [0.05, 0.1) is 0 Å². The molecule has 2 amide bonds. The fraction of sp³-hybridized carbons (Fsp3) is 0.750. The molecule has 0 bridgehead atoms. The van der Waals surface area contributed by atoms with Crippen molar-refractivity contribution in [2.45, 2.75) is 18.9 Å². The molecule has 1 rings (SSSR count). The van der Waals surface area contributed by atoms with Crippen molar-refractivity contribution >= 4 is 24.6 Å². The Balaban J connectivity index is 2.41. The van der Waals surface area contributed by atoms with Gasteiger partial charge in [0.15, 0.2) is 0 Å². The van der Waals surface area contributed by atoms with Gasteiger partial charge in [-0.25, -0.2) is 9.59 Å². The number of nitrogens with one attached hydrogen (secondary N) is 1. The molecular formula is C8H14N2O3S. The quantitative estimate of drug-likeness (QED) is 0.592. The Labute approximate surface area is 87.9 Å². The maximum Gasteiger partial charge on any atom is 0.327 e. The minimum Gasteiger partial charge on any atom is -0.480 e. The number of amides is 2. The average molecular weight is 218 g/mol. The lowest BCUT2D eigenvalue weighted by Crippen LogP contribution is -2.47. The number of carboxylic acids is 1. The minimum absolute atomic E-state index is 0.106. The van der Waals surface area contributed by atoms with Crippen LogP contribution in [0, 0.1) is 0 Å². The van der Waals surface area contributed by atoms with Crippen molar-refractivity contribution in [3.63, 3.8) is 0 Å². The van der Waals surface area contributed by atoms with Gasteiger partial charge in [-0.15, -0.1) is 0 Å². The second-order valence-electron chi connectivity index (χ2n) is 3.22. The number of carbonyl (C=O) groups excluding carboxylic acids is 1. The third-order valence-electron chi connectivity index (χ3n) is 2.17. The first-order valence-corrected chi connectivity index (χ1v) is 5.17. The first-order chi connectivity index (χ1) is 6.65. The van der Waals surface area contributed by atoms with Crippen LogP contribution in [-0.2, 0) is 4.79 Å². The van der Waals surface area contributed by atoms with E-state index in [1.807, 2.05) is 0 Å². The monoisotopic (exact) mass is 218 g/mol. The van der Waals surface area contributed by atoms with Gasteiger partial charge in [0.25, 0.3) is 0 Å². The van der Waals surface area contributed by atoms with Crippen LogP contribution in [0.15, 0.2) is 0 Å². The number of hydrogen-bond acceptors (Lipinski definition) is 3. The summed E-state index contributed by atoms with van der Waals surface area (Å²) in [5.41, 5.74) is 0. The second-order valence-corrected chi connectivity index (χ2v) is 3.58. The van der Waals surface area contributed by atoms with Crippen molar-refractivity contribution in [1.29, 1.82) is 0 Å². The number of aliphatic carboxylic acids is 1. The van der Waals surface area contributed by atoms with E-state index in [0.29, 0.717) is 13.1 Å². The molecule has 5 nitrogen and oxygen atoms in total. The molecule has 0 unspecified atom stereocenters. The summed E-state index contributed by atoms with van der Waals surface area (Å²) >= 11 is 3.86. The molecule has 0 aromatic carbocycles. The molecule has 1 saturated heterocycles. The highest BCUT2D eigenvalue weighted by molar-refractivity contribution is 7.80.